The van der Waals surface area contributed by atoms with Crippen LogP contribution in [0.2, 0.25) is 0 Å². The molecule has 0 radical (unpaired) electrons. The molecule has 0 amide bonds. The molecule has 1 heterocycles. The van der Waals surface area contributed by atoms with Crippen molar-refractivity contribution < 1.29 is 22.7 Å². The molecule has 2 rings (SSSR count). The van der Waals surface area contributed by atoms with Crippen molar-refractivity contribution in [3.63, 3.8) is 0 Å². The van der Waals surface area contributed by atoms with Gasteiger partial charge in [-0.1, -0.05) is 12.1 Å². The van der Waals surface area contributed by atoms with Gasteiger partial charge in [-0.2, -0.15) is 13.2 Å². The minimum absolute atomic E-state index is 0.0462. The molecule has 0 spiro atoms. The number of aliphatic hydroxyl groups is 1. The van der Waals surface area contributed by atoms with E-state index in [0.29, 0.717) is 16.9 Å². The number of aromatic nitrogens is 1. The standard InChI is InChI=1S/C12H9F4NOS/c1-6-2-3-7(8(13)4-6)10(18)9-5-17-11(19-9)12(14,15)16/h2-5,10,18H,1H3. The van der Waals surface area contributed by atoms with E-state index >= 15 is 0 Å². The number of rotatable bonds is 2. The molecule has 102 valence electrons. The largest absolute Gasteiger partial charge is 0.443 e. The third-order valence-corrected chi connectivity index (χ3v) is 3.58. The third kappa shape index (κ3) is 2.93. The van der Waals surface area contributed by atoms with Crippen LogP contribution in [0.5, 0.6) is 0 Å². The molecule has 0 saturated heterocycles. The molecule has 2 aromatic rings. The average molecular weight is 291 g/mol. The summed E-state index contributed by atoms with van der Waals surface area (Å²) in [4.78, 5) is 3.15. The Morgan fingerprint density at radius 2 is 2.00 bits per heavy atom. The van der Waals surface area contributed by atoms with Crippen molar-refractivity contribution in [2.75, 3.05) is 0 Å². The lowest BCUT2D eigenvalue weighted by atomic mass is 10.1. The Labute approximate surface area is 110 Å². The topological polar surface area (TPSA) is 33.1 Å². The molecule has 0 saturated carbocycles. The smallest absolute Gasteiger partial charge is 0.383 e. The van der Waals surface area contributed by atoms with Crippen LogP contribution >= 0.6 is 11.3 Å². The SMILES string of the molecule is Cc1ccc(C(O)c2cnc(C(F)(F)F)s2)c(F)c1. The molecule has 2 nitrogen and oxygen atoms in total. The minimum atomic E-state index is -4.56. The lowest BCUT2D eigenvalue weighted by Crippen LogP contribution is -2.03. The number of aliphatic hydroxyl groups excluding tert-OH is 1. The lowest BCUT2D eigenvalue weighted by molar-refractivity contribution is -0.137. The van der Waals surface area contributed by atoms with Crippen molar-refractivity contribution in [3.05, 3.63) is 51.2 Å². The number of hydrogen-bond donors (Lipinski definition) is 1. The van der Waals surface area contributed by atoms with E-state index in [-0.39, 0.29) is 10.4 Å². The van der Waals surface area contributed by atoms with Crippen LogP contribution < -0.4 is 0 Å². The highest BCUT2D eigenvalue weighted by Gasteiger charge is 2.35. The lowest BCUT2D eigenvalue weighted by Gasteiger charge is -2.10. The molecule has 0 aliphatic carbocycles. The number of hydrogen-bond acceptors (Lipinski definition) is 3. The number of benzene rings is 1. The predicted molar refractivity (Wildman–Crippen MR) is 62.3 cm³/mol. The van der Waals surface area contributed by atoms with E-state index in [1.807, 2.05) is 0 Å². The second-order valence-electron chi connectivity index (χ2n) is 3.99. The Morgan fingerprint density at radius 3 is 2.53 bits per heavy atom. The maximum atomic E-state index is 13.6. The summed E-state index contributed by atoms with van der Waals surface area (Å²) in [7, 11) is 0. The molecule has 1 aromatic carbocycles. The molecule has 0 aliphatic heterocycles. The third-order valence-electron chi connectivity index (χ3n) is 2.49. The van der Waals surface area contributed by atoms with Gasteiger partial charge in [0, 0.05) is 11.8 Å². The van der Waals surface area contributed by atoms with Crippen molar-refractivity contribution >= 4 is 11.3 Å². The maximum Gasteiger partial charge on any atom is 0.443 e. The van der Waals surface area contributed by atoms with E-state index in [2.05, 4.69) is 4.98 Å². The Balaban J connectivity index is 2.34. The van der Waals surface area contributed by atoms with Gasteiger partial charge in [0.1, 0.15) is 11.9 Å². The first kappa shape index (κ1) is 14.0. The quantitative estimate of drug-likeness (QED) is 0.856. The highest BCUT2D eigenvalue weighted by molar-refractivity contribution is 7.11. The Hall–Kier alpha value is -1.47. The van der Waals surface area contributed by atoms with E-state index in [4.69, 9.17) is 0 Å². The fourth-order valence-corrected chi connectivity index (χ4v) is 2.34. The Bertz CT molecular complexity index is 594. The van der Waals surface area contributed by atoms with Gasteiger partial charge in [0.15, 0.2) is 5.01 Å². The fourth-order valence-electron chi connectivity index (χ4n) is 1.55. The molecule has 1 aromatic heterocycles. The van der Waals surface area contributed by atoms with Crippen LogP contribution in [0.1, 0.15) is 27.1 Å². The summed E-state index contributed by atoms with van der Waals surface area (Å²) in [5.74, 6) is -0.658. The van der Waals surface area contributed by atoms with Crippen molar-refractivity contribution in [2.45, 2.75) is 19.2 Å². The minimum Gasteiger partial charge on any atom is -0.383 e. The van der Waals surface area contributed by atoms with Crippen molar-refractivity contribution in [2.24, 2.45) is 0 Å². The summed E-state index contributed by atoms with van der Waals surface area (Å²) >= 11 is 0.303. The van der Waals surface area contributed by atoms with Gasteiger partial charge in [-0.15, -0.1) is 11.3 Å². The van der Waals surface area contributed by atoms with Gasteiger partial charge in [-0.05, 0) is 18.6 Å². The molecule has 1 atom stereocenters. The highest BCUT2D eigenvalue weighted by Crippen LogP contribution is 2.36. The summed E-state index contributed by atoms with van der Waals surface area (Å²) in [6.07, 6.45) is -5.10. The van der Waals surface area contributed by atoms with Crippen LogP contribution in [0.3, 0.4) is 0 Å². The van der Waals surface area contributed by atoms with Crippen LogP contribution in [-0.2, 0) is 6.18 Å². The summed E-state index contributed by atoms with van der Waals surface area (Å²) in [6, 6.07) is 4.14. The second-order valence-corrected chi connectivity index (χ2v) is 5.06. The van der Waals surface area contributed by atoms with E-state index in [9.17, 15) is 22.7 Å². The summed E-state index contributed by atoms with van der Waals surface area (Å²) < 4.78 is 50.8. The Kier molecular flexibility index (Phi) is 3.60. The van der Waals surface area contributed by atoms with Crippen molar-refractivity contribution in [1.29, 1.82) is 0 Å². The monoisotopic (exact) mass is 291 g/mol. The zero-order valence-corrected chi connectivity index (χ0v) is 10.5. The molecule has 1 unspecified atom stereocenters. The van der Waals surface area contributed by atoms with E-state index in [0.717, 1.165) is 6.20 Å². The number of nitrogens with zero attached hydrogens (tertiary/aromatic N) is 1. The highest BCUT2D eigenvalue weighted by atomic mass is 32.1. The van der Waals surface area contributed by atoms with Gasteiger partial charge in [0.25, 0.3) is 0 Å². The predicted octanol–water partition coefficient (Wildman–Crippen LogP) is 3.69. The van der Waals surface area contributed by atoms with Crippen LogP contribution in [0.4, 0.5) is 17.6 Å². The van der Waals surface area contributed by atoms with Gasteiger partial charge in [0.05, 0.1) is 4.88 Å². The molecular formula is C12H9F4NOS. The van der Waals surface area contributed by atoms with E-state index in [1.54, 1.807) is 13.0 Å². The van der Waals surface area contributed by atoms with E-state index in [1.165, 1.54) is 12.1 Å². The summed E-state index contributed by atoms with van der Waals surface area (Å²) in [5.41, 5.74) is 0.594. The summed E-state index contributed by atoms with van der Waals surface area (Å²) in [5, 5.41) is 8.84. The van der Waals surface area contributed by atoms with Crippen LogP contribution in [0.25, 0.3) is 0 Å². The van der Waals surface area contributed by atoms with Gasteiger partial charge in [-0.25, -0.2) is 9.37 Å². The first-order valence-corrected chi connectivity index (χ1v) is 6.07. The van der Waals surface area contributed by atoms with Gasteiger partial charge in [0.2, 0.25) is 0 Å². The van der Waals surface area contributed by atoms with Crippen LogP contribution in [-0.4, -0.2) is 10.1 Å². The molecule has 7 heteroatoms. The number of aryl methyl sites for hydroxylation is 1. The fraction of sp³-hybridized carbons (Fsp3) is 0.250. The molecule has 0 aliphatic rings. The number of thiazole rings is 1. The molecule has 1 N–H and O–H groups in total. The zero-order valence-electron chi connectivity index (χ0n) is 9.70. The van der Waals surface area contributed by atoms with Crippen LogP contribution in [0.15, 0.2) is 24.4 Å². The average Bonchev–Trinajstić information content (AvgIpc) is 2.76. The molecule has 0 fully saturated rings. The first-order valence-electron chi connectivity index (χ1n) is 5.26. The van der Waals surface area contributed by atoms with Gasteiger partial charge >= 0.3 is 6.18 Å². The molecule has 0 bridgehead atoms. The van der Waals surface area contributed by atoms with Crippen LogP contribution in [0, 0.1) is 12.7 Å². The van der Waals surface area contributed by atoms with Crippen molar-refractivity contribution in [3.8, 4) is 0 Å². The molecule has 19 heavy (non-hydrogen) atoms. The van der Waals surface area contributed by atoms with Gasteiger partial charge < -0.3 is 5.11 Å². The Morgan fingerprint density at radius 1 is 1.32 bits per heavy atom. The number of halogens is 4. The number of alkyl halides is 3. The van der Waals surface area contributed by atoms with Crippen molar-refractivity contribution in [1.82, 2.24) is 4.98 Å². The first-order chi connectivity index (χ1) is 8.79. The maximum absolute atomic E-state index is 13.6. The zero-order chi connectivity index (χ0) is 14.2. The summed E-state index contributed by atoms with van der Waals surface area (Å²) in [6.45, 7) is 1.67. The molecular weight excluding hydrogens is 282 g/mol. The van der Waals surface area contributed by atoms with Gasteiger partial charge in [-0.3, -0.25) is 0 Å². The normalized spacial score (nSPS) is 13.6. The van der Waals surface area contributed by atoms with E-state index < -0.39 is 23.1 Å². The second kappa shape index (κ2) is 4.90.